The fourth-order valence-electron chi connectivity index (χ4n) is 2.08. The van der Waals surface area contributed by atoms with Crippen LogP contribution < -0.4 is 5.73 Å². The molecule has 0 saturated carbocycles. The van der Waals surface area contributed by atoms with E-state index in [9.17, 15) is 0 Å². The van der Waals surface area contributed by atoms with E-state index < -0.39 is 0 Å². The molecule has 2 aromatic heterocycles. The third-order valence-corrected chi connectivity index (χ3v) is 3.00. The minimum Gasteiger partial charge on any atom is -0.439 e. The van der Waals surface area contributed by atoms with Crippen molar-refractivity contribution in [3.8, 4) is 11.1 Å². The number of hydrogen-bond acceptors (Lipinski definition) is 4. The Morgan fingerprint density at radius 3 is 2.89 bits per heavy atom. The molecule has 0 saturated heterocycles. The van der Waals surface area contributed by atoms with Crippen LogP contribution in [0.1, 0.15) is 11.5 Å². The van der Waals surface area contributed by atoms with Gasteiger partial charge in [-0.15, -0.1) is 0 Å². The molecule has 0 aliphatic rings. The van der Waals surface area contributed by atoms with Crippen molar-refractivity contribution in [3.05, 3.63) is 48.0 Å². The van der Waals surface area contributed by atoms with Crippen LogP contribution in [0.5, 0.6) is 0 Å². The SMILES string of the molecule is Cc1cccc(-c2cnc3nc(CCN)oc3c2)c1. The summed E-state index contributed by atoms with van der Waals surface area (Å²) in [6, 6.07) is 10.3. The fourth-order valence-corrected chi connectivity index (χ4v) is 2.08. The van der Waals surface area contributed by atoms with Gasteiger partial charge >= 0.3 is 0 Å². The molecule has 0 spiro atoms. The minimum absolute atomic E-state index is 0.525. The smallest absolute Gasteiger partial charge is 0.198 e. The van der Waals surface area contributed by atoms with Gasteiger partial charge in [-0.25, -0.2) is 4.98 Å². The summed E-state index contributed by atoms with van der Waals surface area (Å²) in [5, 5.41) is 0. The zero-order valence-electron chi connectivity index (χ0n) is 10.8. The van der Waals surface area contributed by atoms with Crippen molar-refractivity contribution in [2.45, 2.75) is 13.3 Å². The molecule has 0 aliphatic carbocycles. The Morgan fingerprint density at radius 2 is 2.11 bits per heavy atom. The van der Waals surface area contributed by atoms with Crippen LogP contribution in [0.2, 0.25) is 0 Å². The van der Waals surface area contributed by atoms with Crippen molar-refractivity contribution >= 4 is 11.2 Å². The number of oxazole rings is 1. The monoisotopic (exact) mass is 253 g/mol. The van der Waals surface area contributed by atoms with E-state index in [0.717, 1.165) is 11.1 Å². The molecule has 96 valence electrons. The van der Waals surface area contributed by atoms with E-state index in [4.69, 9.17) is 10.2 Å². The predicted octanol–water partition coefficient (Wildman–Crippen LogP) is 2.70. The average molecular weight is 253 g/mol. The molecule has 0 atom stereocenters. The van der Waals surface area contributed by atoms with Crippen LogP contribution in [-0.2, 0) is 6.42 Å². The maximum atomic E-state index is 5.65. The highest BCUT2D eigenvalue weighted by molar-refractivity contribution is 5.76. The Morgan fingerprint density at radius 1 is 1.21 bits per heavy atom. The van der Waals surface area contributed by atoms with Gasteiger partial charge in [-0.1, -0.05) is 29.8 Å². The van der Waals surface area contributed by atoms with Crippen LogP contribution in [0.15, 0.2) is 40.9 Å². The lowest BCUT2D eigenvalue weighted by Crippen LogP contribution is -2.02. The van der Waals surface area contributed by atoms with Crippen molar-refractivity contribution < 1.29 is 4.42 Å². The number of nitrogens with two attached hydrogens (primary N) is 1. The van der Waals surface area contributed by atoms with Gasteiger partial charge in [0.05, 0.1) is 0 Å². The summed E-state index contributed by atoms with van der Waals surface area (Å²) in [5.41, 5.74) is 10.2. The highest BCUT2D eigenvalue weighted by Gasteiger charge is 2.08. The van der Waals surface area contributed by atoms with E-state index in [1.54, 1.807) is 0 Å². The summed E-state index contributed by atoms with van der Waals surface area (Å²) >= 11 is 0. The molecule has 0 amide bonds. The zero-order chi connectivity index (χ0) is 13.2. The molecule has 4 nitrogen and oxygen atoms in total. The number of pyridine rings is 1. The van der Waals surface area contributed by atoms with Gasteiger partial charge in [-0.2, -0.15) is 4.98 Å². The van der Waals surface area contributed by atoms with Gasteiger partial charge in [0, 0.05) is 24.7 Å². The summed E-state index contributed by atoms with van der Waals surface area (Å²) in [4.78, 5) is 8.64. The maximum Gasteiger partial charge on any atom is 0.198 e. The largest absolute Gasteiger partial charge is 0.439 e. The Kier molecular flexibility index (Phi) is 3.01. The lowest BCUT2D eigenvalue weighted by molar-refractivity contribution is 0.531. The number of nitrogens with zero attached hydrogens (tertiary/aromatic N) is 2. The number of hydrogen-bond donors (Lipinski definition) is 1. The van der Waals surface area contributed by atoms with Crippen LogP contribution in [0, 0.1) is 6.92 Å². The second-order valence-electron chi connectivity index (χ2n) is 4.56. The zero-order valence-corrected chi connectivity index (χ0v) is 10.8. The summed E-state index contributed by atoms with van der Waals surface area (Å²) in [5.74, 6) is 0.645. The molecule has 0 radical (unpaired) electrons. The predicted molar refractivity (Wildman–Crippen MR) is 74.7 cm³/mol. The van der Waals surface area contributed by atoms with Gasteiger partial charge in [0.1, 0.15) is 0 Å². The molecule has 2 N–H and O–H groups in total. The van der Waals surface area contributed by atoms with E-state index in [0.29, 0.717) is 30.1 Å². The Hall–Kier alpha value is -2.20. The number of rotatable bonds is 3. The number of aromatic nitrogens is 2. The fraction of sp³-hybridized carbons (Fsp3) is 0.200. The molecule has 1 aromatic carbocycles. The van der Waals surface area contributed by atoms with E-state index in [1.165, 1.54) is 5.56 Å². The van der Waals surface area contributed by atoms with Crippen LogP contribution in [0.25, 0.3) is 22.4 Å². The Bertz CT molecular complexity index is 718. The molecule has 0 bridgehead atoms. The molecule has 4 heteroatoms. The normalized spacial score (nSPS) is 11.1. The van der Waals surface area contributed by atoms with Gasteiger partial charge in [0.25, 0.3) is 0 Å². The molecule has 3 rings (SSSR count). The first-order valence-electron chi connectivity index (χ1n) is 6.29. The first-order valence-corrected chi connectivity index (χ1v) is 6.29. The second kappa shape index (κ2) is 4.82. The summed E-state index contributed by atoms with van der Waals surface area (Å²) in [6.45, 7) is 2.60. The first kappa shape index (κ1) is 11.9. The van der Waals surface area contributed by atoms with Crippen molar-refractivity contribution in [2.75, 3.05) is 6.54 Å². The van der Waals surface area contributed by atoms with E-state index in [2.05, 4.69) is 35.1 Å². The van der Waals surface area contributed by atoms with Crippen molar-refractivity contribution in [3.63, 3.8) is 0 Å². The van der Waals surface area contributed by atoms with Crippen molar-refractivity contribution in [1.29, 1.82) is 0 Å². The molecular formula is C15H15N3O. The Balaban J connectivity index is 2.05. The lowest BCUT2D eigenvalue weighted by atomic mass is 10.1. The molecule has 0 aliphatic heterocycles. The highest BCUT2D eigenvalue weighted by Crippen LogP contribution is 2.23. The molecular weight excluding hydrogens is 238 g/mol. The van der Waals surface area contributed by atoms with Gasteiger partial charge in [-0.05, 0) is 18.6 Å². The summed E-state index contributed by atoms with van der Waals surface area (Å²) in [6.07, 6.45) is 2.46. The standard InChI is InChI=1S/C15H15N3O/c1-10-3-2-4-11(7-10)12-8-13-15(17-9-12)18-14(19-13)5-6-16/h2-4,7-9H,5-6,16H2,1H3. The van der Waals surface area contributed by atoms with Crippen molar-refractivity contribution in [1.82, 2.24) is 9.97 Å². The van der Waals surface area contributed by atoms with Crippen LogP contribution >= 0.6 is 0 Å². The highest BCUT2D eigenvalue weighted by atomic mass is 16.3. The summed E-state index contributed by atoms with van der Waals surface area (Å²) in [7, 11) is 0. The number of benzene rings is 1. The van der Waals surface area contributed by atoms with Crippen LogP contribution in [0.3, 0.4) is 0 Å². The topological polar surface area (TPSA) is 64.9 Å². The molecule has 19 heavy (non-hydrogen) atoms. The van der Waals surface area contributed by atoms with Gasteiger partial charge in [0.2, 0.25) is 0 Å². The van der Waals surface area contributed by atoms with Gasteiger partial charge < -0.3 is 10.2 Å². The average Bonchev–Trinajstić information content (AvgIpc) is 2.80. The summed E-state index contributed by atoms with van der Waals surface area (Å²) < 4.78 is 5.65. The molecule has 3 aromatic rings. The molecule has 0 unspecified atom stereocenters. The van der Waals surface area contributed by atoms with E-state index >= 15 is 0 Å². The van der Waals surface area contributed by atoms with Crippen LogP contribution in [-0.4, -0.2) is 16.5 Å². The molecule has 2 heterocycles. The van der Waals surface area contributed by atoms with E-state index in [1.807, 2.05) is 18.3 Å². The quantitative estimate of drug-likeness (QED) is 0.779. The molecule has 0 fully saturated rings. The number of aryl methyl sites for hydroxylation is 1. The van der Waals surface area contributed by atoms with Gasteiger partial charge in [-0.3, -0.25) is 0 Å². The second-order valence-corrected chi connectivity index (χ2v) is 4.56. The van der Waals surface area contributed by atoms with Crippen LogP contribution in [0.4, 0.5) is 0 Å². The van der Waals surface area contributed by atoms with Crippen molar-refractivity contribution in [2.24, 2.45) is 5.73 Å². The number of fused-ring (bicyclic) bond motifs is 1. The Labute approximate surface area is 111 Å². The van der Waals surface area contributed by atoms with Gasteiger partial charge in [0.15, 0.2) is 17.1 Å². The third-order valence-electron chi connectivity index (χ3n) is 3.00. The maximum absolute atomic E-state index is 5.65. The van der Waals surface area contributed by atoms with E-state index in [-0.39, 0.29) is 0 Å². The first-order chi connectivity index (χ1) is 9.26. The third kappa shape index (κ3) is 2.35. The minimum atomic E-state index is 0.525. The lowest BCUT2D eigenvalue weighted by Gasteiger charge is -2.01.